The molecule has 14 nitrogen and oxygen atoms in total. The number of esters is 1. The van der Waals surface area contributed by atoms with Gasteiger partial charge in [-0.3, -0.25) is 18.6 Å². The van der Waals surface area contributed by atoms with Crippen molar-refractivity contribution in [3.05, 3.63) is 90.0 Å². The van der Waals surface area contributed by atoms with Crippen molar-refractivity contribution in [3.63, 3.8) is 0 Å². The van der Waals surface area contributed by atoms with Crippen LogP contribution in [0.5, 0.6) is 5.75 Å². The SMILES string of the molecule is CNC(=O)c1c(-c2ccc(F)cc2)oc2cc(N(C)S(C)(=O)=O)c(-c3ccc4c(n3)-c3cc5c(F)cccc5n3C(COC(=O)C3CCCN3C(=O)OC)O4)cc12. The van der Waals surface area contributed by atoms with Gasteiger partial charge in [-0.05, 0) is 73.5 Å². The molecule has 1 N–H and O–H groups in total. The van der Waals surface area contributed by atoms with Crippen molar-refractivity contribution in [1.82, 2.24) is 19.8 Å². The van der Waals surface area contributed by atoms with Crippen molar-refractivity contribution < 1.29 is 50.2 Å². The van der Waals surface area contributed by atoms with Crippen LogP contribution in [0.3, 0.4) is 0 Å². The predicted octanol–water partition coefficient (Wildman–Crippen LogP) is 6.48. The zero-order valence-electron chi connectivity index (χ0n) is 31.0. The standard InChI is InChI=1S/C40H35F2N5O9S/c1-43-38(48)35-25-17-24(30(45(2)57(4,51)52)19-33(25)56-37(35)21-10-12-22(41)13-11-21)27-14-15-32-36(44-27)31-18-23-26(42)7-5-8-28(23)47(31)34(55-32)20-54-39(49)29-9-6-16-46(29)40(50)53-3/h5,7-8,10-15,17-19,29,34H,6,9,16,20H2,1-4H3,(H,43,48). The van der Waals surface area contributed by atoms with E-state index in [-0.39, 0.29) is 51.7 Å². The smallest absolute Gasteiger partial charge is 0.410 e. The number of hydrogen-bond donors (Lipinski definition) is 1. The number of benzene rings is 3. The lowest BCUT2D eigenvalue weighted by Crippen LogP contribution is -2.42. The number of nitrogens with one attached hydrogen (secondary N) is 1. The highest BCUT2D eigenvalue weighted by molar-refractivity contribution is 7.92. The minimum atomic E-state index is -3.86. The monoisotopic (exact) mass is 799 g/mol. The van der Waals surface area contributed by atoms with Crippen LogP contribution in [0.2, 0.25) is 0 Å². The van der Waals surface area contributed by atoms with Crippen molar-refractivity contribution in [3.8, 4) is 39.7 Å². The molecule has 17 heteroatoms. The zero-order chi connectivity index (χ0) is 40.3. The second-order valence-corrected chi connectivity index (χ2v) is 15.6. The quantitative estimate of drug-likeness (QED) is 0.169. The number of amides is 2. The number of methoxy groups -OCH3 is 1. The summed E-state index contributed by atoms with van der Waals surface area (Å²) in [6.07, 6.45) is 0.433. The number of aromatic nitrogens is 2. The summed E-state index contributed by atoms with van der Waals surface area (Å²) in [6.45, 7) is 0.0507. The van der Waals surface area contributed by atoms with E-state index in [1.807, 2.05) is 0 Å². The van der Waals surface area contributed by atoms with Crippen molar-refractivity contribution in [2.45, 2.75) is 25.1 Å². The minimum absolute atomic E-state index is 0.135. The Morgan fingerprint density at radius 3 is 2.53 bits per heavy atom. The Morgan fingerprint density at radius 2 is 1.81 bits per heavy atom. The lowest BCUT2D eigenvalue weighted by molar-refractivity contribution is -0.152. The van der Waals surface area contributed by atoms with E-state index >= 15 is 4.39 Å². The molecular weight excluding hydrogens is 765 g/mol. The van der Waals surface area contributed by atoms with E-state index in [9.17, 15) is 27.2 Å². The van der Waals surface area contributed by atoms with Gasteiger partial charge in [-0.1, -0.05) is 6.07 Å². The topological polar surface area (TPSA) is 163 Å². The van der Waals surface area contributed by atoms with Gasteiger partial charge < -0.3 is 23.9 Å². The summed E-state index contributed by atoms with van der Waals surface area (Å²) in [5.74, 6) is -1.72. The number of rotatable bonds is 8. The summed E-state index contributed by atoms with van der Waals surface area (Å²) in [5, 5.41) is 3.20. The zero-order valence-corrected chi connectivity index (χ0v) is 31.9. The van der Waals surface area contributed by atoms with Crippen LogP contribution < -0.4 is 14.4 Å². The number of nitrogens with zero attached hydrogens (tertiary/aromatic N) is 4. The first-order valence-corrected chi connectivity index (χ1v) is 19.7. The van der Waals surface area contributed by atoms with Gasteiger partial charge in [-0.25, -0.2) is 31.8 Å². The number of carbonyl (C=O) groups is 3. The van der Waals surface area contributed by atoms with Crippen LogP contribution >= 0.6 is 0 Å². The van der Waals surface area contributed by atoms with Crippen molar-refractivity contribution >= 4 is 55.6 Å². The summed E-state index contributed by atoms with van der Waals surface area (Å²) >= 11 is 0. The fourth-order valence-corrected chi connectivity index (χ4v) is 7.93. The molecule has 0 bridgehead atoms. The molecule has 2 aliphatic rings. The third-order valence-corrected chi connectivity index (χ3v) is 11.5. The molecule has 57 heavy (non-hydrogen) atoms. The van der Waals surface area contributed by atoms with Gasteiger partial charge in [-0.15, -0.1) is 0 Å². The molecule has 2 atom stereocenters. The Bertz CT molecular complexity index is 2730. The molecule has 0 radical (unpaired) electrons. The Labute approximate surface area is 324 Å². The molecule has 8 rings (SSSR count). The summed E-state index contributed by atoms with van der Waals surface area (Å²) in [6, 6.07) is 17.0. The molecule has 5 heterocycles. The average Bonchev–Trinajstić information content (AvgIpc) is 3.95. The van der Waals surface area contributed by atoms with Gasteiger partial charge in [0.05, 0.1) is 41.5 Å². The molecule has 2 amide bonds. The highest BCUT2D eigenvalue weighted by Gasteiger charge is 2.38. The van der Waals surface area contributed by atoms with E-state index in [1.165, 1.54) is 68.6 Å². The van der Waals surface area contributed by atoms with Crippen LogP contribution in [-0.2, 0) is 24.3 Å². The Balaban J connectivity index is 1.25. The van der Waals surface area contributed by atoms with Crippen LogP contribution in [-0.4, -0.2) is 87.5 Å². The van der Waals surface area contributed by atoms with E-state index in [4.69, 9.17) is 23.6 Å². The molecule has 0 aliphatic carbocycles. The fraction of sp³-hybridized carbons (Fsp3) is 0.250. The predicted molar refractivity (Wildman–Crippen MR) is 205 cm³/mol. The molecule has 0 spiro atoms. The van der Waals surface area contributed by atoms with Crippen LogP contribution in [0.15, 0.2) is 77.2 Å². The maximum absolute atomic E-state index is 15.3. The minimum Gasteiger partial charge on any atom is -0.464 e. The third kappa shape index (κ3) is 6.46. The van der Waals surface area contributed by atoms with Gasteiger partial charge in [0.1, 0.15) is 47.1 Å². The van der Waals surface area contributed by atoms with Gasteiger partial charge in [0, 0.05) is 48.6 Å². The normalized spacial score (nSPS) is 16.2. The number of halogens is 2. The Hall–Kier alpha value is -6.49. The molecular formula is C40H35F2N5O9S. The molecule has 0 saturated carbocycles. The van der Waals surface area contributed by atoms with Crippen molar-refractivity contribution in [2.24, 2.45) is 0 Å². The summed E-state index contributed by atoms with van der Waals surface area (Å²) in [5.41, 5.74) is 2.59. The lowest BCUT2D eigenvalue weighted by atomic mass is 10.0. The van der Waals surface area contributed by atoms with E-state index in [2.05, 4.69) is 5.32 Å². The highest BCUT2D eigenvalue weighted by atomic mass is 32.2. The maximum Gasteiger partial charge on any atom is 0.410 e. The summed E-state index contributed by atoms with van der Waals surface area (Å²) in [4.78, 5) is 45.2. The highest BCUT2D eigenvalue weighted by Crippen LogP contribution is 2.45. The first-order valence-electron chi connectivity index (χ1n) is 17.8. The van der Waals surface area contributed by atoms with Crippen molar-refractivity contribution in [1.29, 1.82) is 0 Å². The van der Waals surface area contributed by atoms with E-state index in [0.717, 1.165) is 10.6 Å². The van der Waals surface area contributed by atoms with Gasteiger partial charge in [0.25, 0.3) is 5.91 Å². The molecule has 294 valence electrons. The molecule has 3 aromatic carbocycles. The summed E-state index contributed by atoms with van der Waals surface area (Å²) < 4.78 is 81.1. The Morgan fingerprint density at radius 1 is 1.04 bits per heavy atom. The number of fused-ring (bicyclic) bond motifs is 6. The van der Waals surface area contributed by atoms with Crippen molar-refractivity contribution in [2.75, 3.05) is 44.9 Å². The number of sulfonamides is 1. The van der Waals surface area contributed by atoms with E-state index < -0.39 is 51.9 Å². The van der Waals surface area contributed by atoms with Crippen LogP contribution in [0.1, 0.15) is 29.4 Å². The number of likely N-dealkylation sites (tertiary alicyclic amines) is 1. The molecule has 2 aliphatic heterocycles. The molecule has 3 aromatic heterocycles. The van der Waals surface area contributed by atoms with E-state index in [1.54, 1.807) is 34.9 Å². The van der Waals surface area contributed by atoms with Gasteiger partial charge >= 0.3 is 12.1 Å². The van der Waals surface area contributed by atoms with E-state index in [0.29, 0.717) is 47.1 Å². The second-order valence-electron chi connectivity index (χ2n) is 13.6. The average molecular weight is 800 g/mol. The Kier molecular flexibility index (Phi) is 9.34. The number of ether oxygens (including phenoxy) is 3. The number of furan rings is 1. The fourth-order valence-electron chi connectivity index (χ4n) is 7.42. The number of pyridine rings is 1. The second kappa shape index (κ2) is 14.2. The summed E-state index contributed by atoms with van der Waals surface area (Å²) in [7, 11) is 0.202. The largest absolute Gasteiger partial charge is 0.464 e. The first kappa shape index (κ1) is 37.4. The molecule has 1 fully saturated rings. The van der Waals surface area contributed by atoms with Gasteiger partial charge in [-0.2, -0.15) is 0 Å². The van der Waals surface area contributed by atoms with Crippen LogP contribution in [0, 0.1) is 11.6 Å². The maximum atomic E-state index is 15.3. The lowest BCUT2D eigenvalue weighted by Gasteiger charge is -2.30. The number of carbonyl (C=O) groups excluding carboxylic acids is 3. The van der Waals surface area contributed by atoms with Gasteiger partial charge in [0.15, 0.2) is 0 Å². The van der Waals surface area contributed by atoms with Crippen LogP contribution in [0.25, 0.3) is 55.8 Å². The molecule has 6 aromatic rings. The van der Waals surface area contributed by atoms with Crippen LogP contribution in [0.4, 0.5) is 19.3 Å². The number of anilines is 1. The molecule has 2 unspecified atom stereocenters. The molecule has 1 saturated heterocycles. The van der Waals surface area contributed by atoms with Gasteiger partial charge in [0.2, 0.25) is 16.3 Å². The third-order valence-electron chi connectivity index (χ3n) is 10.3. The first-order chi connectivity index (χ1) is 27.3. The number of hydrogen-bond acceptors (Lipinski definition) is 10.